The molecule has 9 heteroatoms. The molecule has 0 bridgehead atoms. The molecule has 0 N–H and O–H groups in total. The van der Waals surface area contributed by atoms with Gasteiger partial charge in [0.15, 0.2) is 0 Å². The summed E-state index contributed by atoms with van der Waals surface area (Å²) < 4.78 is 7.92. The molecule has 0 radical (unpaired) electrons. The van der Waals surface area contributed by atoms with Gasteiger partial charge in [-0.2, -0.15) is 0 Å². The average molecular weight is 477 g/mol. The highest BCUT2D eigenvalue weighted by Gasteiger charge is 2.34. The molecule has 0 amide bonds. The van der Waals surface area contributed by atoms with Crippen molar-refractivity contribution in [3.8, 4) is 11.6 Å². The Morgan fingerprint density at radius 1 is 1.06 bits per heavy atom. The van der Waals surface area contributed by atoms with Crippen molar-refractivity contribution in [2.45, 2.75) is 33.6 Å². The van der Waals surface area contributed by atoms with E-state index < -0.39 is 0 Å². The van der Waals surface area contributed by atoms with Crippen LogP contribution in [0.25, 0.3) is 11.6 Å². The zero-order valence-corrected chi connectivity index (χ0v) is 21.2. The lowest BCUT2D eigenvalue weighted by molar-refractivity contribution is 0.155. The van der Waals surface area contributed by atoms with E-state index in [0.717, 1.165) is 57.1 Å². The van der Waals surface area contributed by atoms with Crippen molar-refractivity contribution in [3.63, 3.8) is 0 Å². The van der Waals surface area contributed by atoms with Crippen LogP contribution in [0.1, 0.15) is 33.1 Å². The molecule has 0 aromatic carbocycles. The van der Waals surface area contributed by atoms with E-state index in [-0.39, 0.29) is 0 Å². The van der Waals surface area contributed by atoms with Crippen molar-refractivity contribution in [2.24, 2.45) is 30.7 Å². The zero-order valence-electron chi connectivity index (χ0n) is 21.2. The molecule has 3 aromatic rings. The van der Waals surface area contributed by atoms with Gasteiger partial charge < -0.3 is 13.9 Å². The Labute approximate surface area is 207 Å². The fourth-order valence-electron chi connectivity index (χ4n) is 5.61. The van der Waals surface area contributed by atoms with Gasteiger partial charge in [0.2, 0.25) is 5.89 Å². The summed E-state index contributed by atoms with van der Waals surface area (Å²) in [4.78, 5) is 17.8. The van der Waals surface area contributed by atoms with Crippen molar-refractivity contribution in [1.82, 2.24) is 34.6 Å². The van der Waals surface area contributed by atoms with Crippen LogP contribution in [0.15, 0.2) is 47.2 Å². The number of hydrogen-bond donors (Lipinski definition) is 0. The topological polar surface area (TPSA) is 89.0 Å². The number of imidazole rings is 1. The Morgan fingerprint density at radius 2 is 1.89 bits per heavy atom. The highest BCUT2D eigenvalue weighted by atomic mass is 16.4. The molecule has 3 unspecified atom stereocenters. The van der Waals surface area contributed by atoms with Crippen LogP contribution < -0.4 is 4.90 Å². The molecule has 1 aliphatic carbocycles. The number of hydrogen-bond acceptors (Lipinski definition) is 8. The minimum Gasteiger partial charge on any atom is -0.419 e. The Bertz CT molecular complexity index is 1130. The number of anilines is 1. The summed E-state index contributed by atoms with van der Waals surface area (Å²) in [5.74, 6) is 4.50. The first kappa shape index (κ1) is 23.7. The van der Waals surface area contributed by atoms with E-state index in [1.54, 1.807) is 24.9 Å². The van der Waals surface area contributed by atoms with Crippen molar-refractivity contribution in [3.05, 3.63) is 48.7 Å². The first-order chi connectivity index (χ1) is 17.0. The van der Waals surface area contributed by atoms with Gasteiger partial charge in [0.1, 0.15) is 11.5 Å². The smallest absolute Gasteiger partial charge is 0.265 e. The molecule has 2 aliphatic rings. The van der Waals surface area contributed by atoms with Crippen molar-refractivity contribution >= 4 is 5.82 Å². The Morgan fingerprint density at radius 3 is 2.57 bits per heavy atom. The van der Waals surface area contributed by atoms with Crippen LogP contribution in [0.3, 0.4) is 0 Å². The van der Waals surface area contributed by atoms with Gasteiger partial charge in [-0.25, -0.2) is 9.97 Å². The predicted octanol–water partition coefficient (Wildman–Crippen LogP) is 3.48. The first-order valence-corrected chi connectivity index (χ1v) is 12.7. The molecule has 9 nitrogen and oxygen atoms in total. The predicted molar refractivity (Wildman–Crippen MR) is 135 cm³/mol. The molecular formula is C26H36N8O. The highest BCUT2D eigenvalue weighted by molar-refractivity contribution is 5.44. The largest absolute Gasteiger partial charge is 0.419 e. The molecular weight excluding hydrogens is 440 g/mol. The molecule has 1 aliphatic heterocycles. The van der Waals surface area contributed by atoms with E-state index in [4.69, 9.17) is 4.42 Å². The van der Waals surface area contributed by atoms with Crippen LogP contribution in [0.5, 0.6) is 0 Å². The molecule has 5 rings (SSSR count). The normalized spacial score (nSPS) is 23.6. The van der Waals surface area contributed by atoms with Gasteiger partial charge >= 0.3 is 0 Å². The van der Waals surface area contributed by atoms with Crippen LogP contribution >= 0.6 is 0 Å². The number of aryl methyl sites for hydroxylation is 1. The first-order valence-electron chi connectivity index (χ1n) is 12.7. The second kappa shape index (κ2) is 10.3. The molecule has 186 valence electrons. The van der Waals surface area contributed by atoms with E-state index in [1.165, 1.54) is 5.57 Å². The Kier molecular flexibility index (Phi) is 6.95. The third-order valence-corrected chi connectivity index (χ3v) is 7.72. The summed E-state index contributed by atoms with van der Waals surface area (Å²) in [6, 6.07) is 0. The molecule has 35 heavy (non-hydrogen) atoms. The van der Waals surface area contributed by atoms with E-state index in [9.17, 15) is 0 Å². The number of aromatic nitrogens is 6. The van der Waals surface area contributed by atoms with Crippen LogP contribution in [0, 0.1) is 23.7 Å². The van der Waals surface area contributed by atoms with Gasteiger partial charge in [-0.1, -0.05) is 25.5 Å². The average Bonchev–Trinajstić information content (AvgIpc) is 3.50. The van der Waals surface area contributed by atoms with Gasteiger partial charge in [-0.05, 0) is 37.0 Å². The number of allylic oxidation sites excluding steroid dienone is 1. The monoisotopic (exact) mass is 476 g/mol. The molecule has 1 saturated heterocycles. The van der Waals surface area contributed by atoms with E-state index in [1.807, 2.05) is 17.8 Å². The SMILES string of the molecule is CC1=CC(CN2CCN(c3cnccn3)CC2)C(C(C)C)CC1Cc1nnc(-c2cncn2C)o1. The third-order valence-electron chi connectivity index (χ3n) is 7.72. The molecule has 3 aromatic heterocycles. The fourth-order valence-corrected chi connectivity index (χ4v) is 5.61. The lowest BCUT2D eigenvalue weighted by Gasteiger charge is -2.41. The van der Waals surface area contributed by atoms with E-state index >= 15 is 0 Å². The van der Waals surface area contributed by atoms with E-state index in [2.05, 4.69) is 61.8 Å². The summed E-state index contributed by atoms with van der Waals surface area (Å²) in [6.45, 7) is 12.2. The Balaban J connectivity index is 1.22. The lowest BCUT2D eigenvalue weighted by atomic mass is 9.69. The van der Waals surface area contributed by atoms with Gasteiger partial charge in [0, 0.05) is 58.6 Å². The fraction of sp³-hybridized carbons (Fsp3) is 0.577. The maximum absolute atomic E-state index is 6.02. The van der Waals surface area contributed by atoms with E-state index in [0.29, 0.717) is 35.5 Å². The third kappa shape index (κ3) is 5.29. The minimum absolute atomic E-state index is 0.437. The quantitative estimate of drug-likeness (QED) is 0.479. The molecule has 4 heterocycles. The number of rotatable bonds is 7. The van der Waals surface area contributed by atoms with Crippen molar-refractivity contribution in [2.75, 3.05) is 37.6 Å². The van der Waals surface area contributed by atoms with Crippen LogP contribution in [-0.4, -0.2) is 67.3 Å². The van der Waals surface area contributed by atoms with Gasteiger partial charge in [0.25, 0.3) is 5.89 Å². The summed E-state index contributed by atoms with van der Waals surface area (Å²) in [5, 5.41) is 8.62. The second-order valence-electron chi connectivity index (χ2n) is 10.4. The molecule has 3 atom stereocenters. The summed E-state index contributed by atoms with van der Waals surface area (Å²) >= 11 is 0. The molecule has 0 saturated carbocycles. The lowest BCUT2D eigenvalue weighted by Crippen LogP contribution is -2.49. The maximum atomic E-state index is 6.02. The highest BCUT2D eigenvalue weighted by Crippen LogP contribution is 2.39. The zero-order chi connectivity index (χ0) is 24.4. The number of nitrogens with zero attached hydrogens (tertiary/aromatic N) is 8. The minimum atomic E-state index is 0.437. The van der Waals surface area contributed by atoms with Crippen molar-refractivity contribution < 1.29 is 4.42 Å². The van der Waals surface area contributed by atoms with Gasteiger partial charge in [0.05, 0.1) is 18.7 Å². The molecule has 1 fully saturated rings. The van der Waals surface area contributed by atoms with Crippen LogP contribution in [-0.2, 0) is 13.5 Å². The summed E-state index contributed by atoms with van der Waals surface area (Å²) in [6.07, 6.45) is 13.4. The standard InChI is InChI=1S/C26H36N8O/c1-18(2)22-12-20(13-25-30-31-26(35-25)23-14-28-17-32(23)4)19(3)11-21(22)16-33-7-9-34(10-8-33)24-15-27-5-6-29-24/h5-6,11,14-15,17-18,20-22H,7-10,12-13,16H2,1-4H3. The maximum Gasteiger partial charge on any atom is 0.265 e. The van der Waals surface area contributed by atoms with Gasteiger partial charge in [-0.15, -0.1) is 10.2 Å². The van der Waals surface area contributed by atoms with Crippen molar-refractivity contribution in [1.29, 1.82) is 0 Å². The van der Waals surface area contributed by atoms with Crippen LogP contribution in [0.4, 0.5) is 5.82 Å². The molecule has 0 spiro atoms. The summed E-state index contributed by atoms with van der Waals surface area (Å²) in [5.41, 5.74) is 2.30. The Hall–Kier alpha value is -3.07. The van der Waals surface area contributed by atoms with Gasteiger partial charge in [-0.3, -0.25) is 9.88 Å². The van der Waals surface area contributed by atoms with Crippen LogP contribution in [0.2, 0.25) is 0 Å². The summed E-state index contributed by atoms with van der Waals surface area (Å²) in [7, 11) is 1.93. The number of piperazine rings is 1. The second-order valence-corrected chi connectivity index (χ2v) is 10.4.